The van der Waals surface area contributed by atoms with E-state index in [1.807, 2.05) is 0 Å². The molecule has 0 bridgehead atoms. The number of hydrogen-bond donors (Lipinski definition) is 1. The van der Waals surface area contributed by atoms with Crippen LogP contribution in [0.5, 0.6) is 0 Å². The minimum absolute atomic E-state index is 0.0383. The molecule has 0 saturated heterocycles. The number of para-hydroxylation sites is 3. The summed E-state index contributed by atoms with van der Waals surface area (Å²) in [5.74, 6) is -0.786. The standard InChI is InChI=1S/C20H19ClN4O3/c1-12(19(27)23-15-9-5-4-8-14(15)21)25-17-11-7-6-10-16(17)22-18(20(25)28)24(3)13(2)26/h4-12H,1-3H3,(H,23,27)/t12-/m1/s1. The third-order valence-corrected chi connectivity index (χ3v) is 4.80. The molecule has 2 amide bonds. The van der Waals surface area contributed by atoms with Crippen LogP contribution in [0.25, 0.3) is 11.0 Å². The van der Waals surface area contributed by atoms with Crippen LogP contribution in [0.3, 0.4) is 0 Å². The molecule has 1 aromatic heterocycles. The topological polar surface area (TPSA) is 84.3 Å². The van der Waals surface area contributed by atoms with E-state index in [-0.39, 0.29) is 11.7 Å². The van der Waals surface area contributed by atoms with Crippen LogP contribution in [0.15, 0.2) is 53.3 Å². The summed E-state index contributed by atoms with van der Waals surface area (Å²) in [5, 5.41) is 3.14. The number of benzene rings is 2. The van der Waals surface area contributed by atoms with E-state index >= 15 is 0 Å². The first kappa shape index (κ1) is 19.6. The molecule has 1 atom stereocenters. The van der Waals surface area contributed by atoms with Crippen LogP contribution in [0, 0.1) is 0 Å². The van der Waals surface area contributed by atoms with Gasteiger partial charge in [-0.1, -0.05) is 35.9 Å². The predicted molar refractivity (Wildman–Crippen MR) is 110 cm³/mol. The molecule has 1 heterocycles. The second kappa shape index (κ2) is 7.82. The highest BCUT2D eigenvalue weighted by molar-refractivity contribution is 6.33. The van der Waals surface area contributed by atoms with Gasteiger partial charge in [0, 0.05) is 14.0 Å². The summed E-state index contributed by atoms with van der Waals surface area (Å²) in [6.45, 7) is 2.95. The molecular formula is C20H19ClN4O3. The largest absolute Gasteiger partial charge is 0.323 e. The molecule has 8 heteroatoms. The lowest BCUT2D eigenvalue weighted by molar-refractivity contribution is -0.118. The molecule has 7 nitrogen and oxygen atoms in total. The number of nitrogens with one attached hydrogen (secondary N) is 1. The van der Waals surface area contributed by atoms with Gasteiger partial charge >= 0.3 is 0 Å². The fourth-order valence-corrected chi connectivity index (χ4v) is 2.99. The second-order valence-corrected chi connectivity index (χ2v) is 6.73. The number of anilines is 2. The van der Waals surface area contributed by atoms with E-state index in [9.17, 15) is 14.4 Å². The molecule has 0 saturated carbocycles. The molecule has 1 N–H and O–H groups in total. The van der Waals surface area contributed by atoms with E-state index in [0.29, 0.717) is 21.7 Å². The maximum absolute atomic E-state index is 13.1. The molecule has 0 fully saturated rings. The quantitative estimate of drug-likeness (QED) is 0.731. The summed E-state index contributed by atoms with van der Waals surface area (Å²) in [5.41, 5.74) is 0.921. The van der Waals surface area contributed by atoms with E-state index in [0.717, 1.165) is 0 Å². The lowest BCUT2D eigenvalue weighted by atomic mass is 10.2. The van der Waals surface area contributed by atoms with Crippen LogP contribution < -0.4 is 15.8 Å². The minimum atomic E-state index is -0.865. The first-order valence-electron chi connectivity index (χ1n) is 8.62. The maximum atomic E-state index is 13.1. The van der Waals surface area contributed by atoms with Crippen molar-refractivity contribution >= 4 is 46.0 Å². The van der Waals surface area contributed by atoms with Gasteiger partial charge in [0.15, 0.2) is 0 Å². The number of carbonyl (C=O) groups is 2. The molecule has 28 heavy (non-hydrogen) atoms. The normalized spacial score (nSPS) is 11.9. The van der Waals surface area contributed by atoms with Crippen molar-refractivity contribution in [1.82, 2.24) is 9.55 Å². The average Bonchev–Trinajstić information content (AvgIpc) is 2.68. The van der Waals surface area contributed by atoms with Crippen molar-refractivity contribution in [2.24, 2.45) is 0 Å². The number of rotatable bonds is 4. The third kappa shape index (κ3) is 3.61. The van der Waals surface area contributed by atoms with Crippen molar-refractivity contribution in [3.8, 4) is 0 Å². The molecule has 0 aliphatic rings. The van der Waals surface area contributed by atoms with Gasteiger partial charge in [-0.3, -0.25) is 23.9 Å². The Morgan fingerprint density at radius 3 is 2.46 bits per heavy atom. The number of amides is 2. The molecule has 3 rings (SSSR count). The number of nitrogens with zero attached hydrogens (tertiary/aromatic N) is 3. The van der Waals surface area contributed by atoms with Crippen molar-refractivity contribution in [2.45, 2.75) is 19.9 Å². The van der Waals surface area contributed by atoms with Crippen LogP contribution in [0.4, 0.5) is 11.5 Å². The molecule has 0 unspecified atom stereocenters. The van der Waals surface area contributed by atoms with Crippen LogP contribution >= 0.6 is 11.6 Å². The zero-order valence-electron chi connectivity index (χ0n) is 15.6. The van der Waals surface area contributed by atoms with Crippen molar-refractivity contribution in [3.63, 3.8) is 0 Å². The van der Waals surface area contributed by atoms with Crippen molar-refractivity contribution in [2.75, 3.05) is 17.3 Å². The Morgan fingerprint density at radius 2 is 1.79 bits per heavy atom. The van der Waals surface area contributed by atoms with E-state index < -0.39 is 17.5 Å². The fraction of sp³-hybridized carbons (Fsp3) is 0.200. The number of aromatic nitrogens is 2. The highest BCUT2D eigenvalue weighted by Gasteiger charge is 2.24. The number of hydrogen-bond acceptors (Lipinski definition) is 4. The highest BCUT2D eigenvalue weighted by atomic mass is 35.5. The SMILES string of the molecule is CC(=O)N(C)c1nc2ccccc2n([C@H](C)C(=O)Nc2ccccc2Cl)c1=O. The Labute approximate surface area is 166 Å². The summed E-state index contributed by atoms with van der Waals surface area (Å²) < 4.78 is 1.34. The Morgan fingerprint density at radius 1 is 1.14 bits per heavy atom. The average molecular weight is 399 g/mol. The van der Waals surface area contributed by atoms with Crippen molar-refractivity contribution in [3.05, 3.63) is 63.9 Å². The molecule has 0 aliphatic carbocycles. The molecule has 0 radical (unpaired) electrons. The van der Waals surface area contributed by atoms with Gasteiger partial charge < -0.3 is 5.32 Å². The van der Waals surface area contributed by atoms with Gasteiger partial charge in [0.05, 0.1) is 21.7 Å². The summed E-state index contributed by atoms with van der Waals surface area (Å²) in [7, 11) is 1.47. The Hall–Kier alpha value is -3.19. The number of fused-ring (bicyclic) bond motifs is 1. The van der Waals surface area contributed by atoms with Gasteiger partial charge in [0.25, 0.3) is 5.56 Å². The first-order chi connectivity index (χ1) is 13.3. The van der Waals surface area contributed by atoms with Crippen LogP contribution in [-0.2, 0) is 9.59 Å². The highest BCUT2D eigenvalue weighted by Crippen LogP contribution is 2.23. The van der Waals surface area contributed by atoms with E-state index in [4.69, 9.17) is 11.6 Å². The van der Waals surface area contributed by atoms with E-state index in [2.05, 4.69) is 10.3 Å². The number of carbonyl (C=O) groups excluding carboxylic acids is 2. The van der Waals surface area contributed by atoms with Crippen LogP contribution in [-0.4, -0.2) is 28.4 Å². The predicted octanol–water partition coefficient (Wildman–Crippen LogP) is 3.23. The van der Waals surface area contributed by atoms with Gasteiger partial charge in [-0.25, -0.2) is 4.98 Å². The second-order valence-electron chi connectivity index (χ2n) is 6.32. The van der Waals surface area contributed by atoms with E-state index in [1.165, 1.54) is 23.4 Å². The Bertz CT molecular complexity index is 1130. The zero-order chi connectivity index (χ0) is 20.4. The Kier molecular flexibility index (Phi) is 5.46. The summed E-state index contributed by atoms with van der Waals surface area (Å²) >= 11 is 6.11. The van der Waals surface area contributed by atoms with E-state index in [1.54, 1.807) is 55.5 Å². The zero-order valence-corrected chi connectivity index (χ0v) is 16.4. The monoisotopic (exact) mass is 398 g/mol. The minimum Gasteiger partial charge on any atom is -0.323 e. The van der Waals surface area contributed by atoms with Crippen molar-refractivity contribution in [1.29, 1.82) is 0 Å². The molecule has 2 aromatic carbocycles. The van der Waals surface area contributed by atoms with Crippen LogP contribution in [0.1, 0.15) is 19.9 Å². The molecule has 144 valence electrons. The van der Waals surface area contributed by atoms with Gasteiger partial charge in [0.2, 0.25) is 17.6 Å². The van der Waals surface area contributed by atoms with Gasteiger partial charge in [0.1, 0.15) is 6.04 Å². The molecular weight excluding hydrogens is 380 g/mol. The molecule has 3 aromatic rings. The van der Waals surface area contributed by atoms with Crippen molar-refractivity contribution < 1.29 is 9.59 Å². The van der Waals surface area contributed by atoms with Gasteiger partial charge in [-0.15, -0.1) is 0 Å². The summed E-state index contributed by atoms with van der Waals surface area (Å²) in [6.07, 6.45) is 0. The van der Waals surface area contributed by atoms with Gasteiger partial charge in [-0.05, 0) is 31.2 Å². The van der Waals surface area contributed by atoms with Crippen LogP contribution in [0.2, 0.25) is 5.02 Å². The number of halogens is 1. The van der Waals surface area contributed by atoms with Gasteiger partial charge in [-0.2, -0.15) is 0 Å². The molecule has 0 spiro atoms. The molecule has 0 aliphatic heterocycles. The first-order valence-corrected chi connectivity index (χ1v) is 9.00. The lowest BCUT2D eigenvalue weighted by Gasteiger charge is -2.21. The maximum Gasteiger partial charge on any atom is 0.295 e. The smallest absolute Gasteiger partial charge is 0.295 e. The summed E-state index contributed by atoms with van der Waals surface area (Å²) in [4.78, 5) is 43.2. The Balaban J connectivity index is 2.11. The lowest BCUT2D eigenvalue weighted by Crippen LogP contribution is -2.37. The summed E-state index contributed by atoms with van der Waals surface area (Å²) in [6, 6.07) is 12.9. The third-order valence-electron chi connectivity index (χ3n) is 4.47. The fourth-order valence-electron chi connectivity index (χ4n) is 2.81.